The van der Waals surface area contributed by atoms with Gasteiger partial charge < -0.3 is 23.8 Å². The molecule has 10 aromatic rings. The zero-order valence-corrected chi connectivity index (χ0v) is 44.3. The molecule has 14 rings (SSSR count). The average molecular weight is 1140 g/mol. The van der Waals surface area contributed by atoms with Crippen molar-refractivity contribution in [2.45, 2.75) is 72.6 Å². The van der Waals surface area contributed by atoms with Gasteiger partial charge in [-0.1, -0.05) is 151 Å². The summed E-state index contributed by atoms with van der Waals surface area (Å²) in [7, 11) is 0. The molecule has 4 aliphatic rings. The van der Waals surface area contributed by atoms with Crippen LogP contribution in [0.3, 0.4) is 0 Å². The minimum absolute atomic E-state index is 0. The first-order valence-corrected chi connectivity index (χ1v) is 24.5. The number of fused-ring (bicyclic) bond motifs is 5. The number of ether oxygens (including phenoxy) is 2. The van der Waals surface area contributed by atoms with Gasteiger partial charge in [0, 0.05) is 80.8 Å². The summed E-state index contributed by atoms with van der Waals surface area (Å²) in [5, 5.41) is 0.791. The quantitative estimate of drug-likeness (QED) is 0.165. The molecule has 2 aromatic heterocycles. The van der Waals surface area contributed by atoms with Crippen LogP contribution in [-0.4, -0.2) is 9.55 Å². The van der Waals surface area contributed by atoms with Gasteiger partial charge in [0.1, 0.15) is 17.3 Å². The van der Waals surface area contributed by atoms with E-state index in [-0.39, 0.29) is 61.3 Å². The molecule has 6 nitrogen and oxygen atoms in total. The maximum atomic E-state index is 9.59. The van der Waals surface area contributed by atoms with E-state index in [4.69, 9.17) is 17.2 Å². The first-order chi connectivity index (χ1) is 37.2. The number of nitrogens with zero attached hydrogens (tertiary/aromatic N) is 4. The van der Waals surface area contributed by atoms with Gasteiger partial charge in [0.2, 0.25) is 0 Å². The zero-order valence-electron chi connectivity index (χ0n) is 48.0. The van der Waals surface area contributed by atoms with E-state index in [0.29, 0.717) is 50.6 Å². The van der Waals surface area contributed by atoms with Crippen LogP contribution in [0.25, 0.3) is 61.0 Å². The zero-order chi connectivity index (χ0) is 54.7. The number of para-hydroxylation sites is 3. The van der Waals surface area contributed by atoms with Gasteiger partial charge in [0.25, 0.3) is 0 Å². The minimum atomic E-state index is -1.87. The van der Waals surface area contributed by atoms with Crippen LogP contribution in [-0.2, 0) is 38.3 Å². The Kier molecular flexibility index (Phi) is 10.5. The Hall–Kier alpha value is -7.40. The smallest absolute Gasteiger partial charge is 0.135 e. The number of benzene rings is 8. The number of rotatable bonds is 3. The number of hydrogen-bond donors (Lipinski definition) is 0. The standard InChI is InChI=1S/C66H57N4O2.Pt/c1-42(2)33-46-35-63-67-40-56(46)44-25-28-49(29-26-44)71-50-20-16-19-45(34-50)55-37-47(65(3,4)5)36-54(43-17-10-9-11-18-43)64(55)69-41-68(59-23-14-15-24-60(59)69)48-27-32-57(66(6,7)8)62(38-48)72-51-30-31-53-52-21-12-13-22-58(52)70(63)61(53)39-51;/h9-32,34-37,40-42H,33H2,1-8H3;/q-3;/i12D,13D,21D,22D,33D2;. The van der Waals surface area contributed by atoms with Gasteiger partial charge in [0.05, 0.1) is 5.48 Å². The van der Waals surface area contributed by atoms with E-state index in [1.165, 1.54) is 5.56 Å². The molecule has 8 aromatic carbocycles. The summed E-state index contributed by atoms with van der Waals surface area (Å²) < 4.78 is 70.7. The monoisotopic (exact) mass is 1140 g/mol. The minimum Gasteiger partial charge on any atom is -0.509 e. The predicted molar refractivity (Wildman–Crippen MR) is 297 cm³/mol. The van der Waals surface area contributed by atoms with Crippen molar-refractivity contribution in [2.24, 2.45) is 5.92 Å². The SMILES string of the molecule is [2H]c1c([2H])c([2H])c2c(c1[2H])c1ccc3[c-]c1n2-c1cc(C([2H])([2H])C(C)C)c(cn1)-c1ccc(cc1)Oc1cccc(c1)-c1cc(C(C)(C)C)cc(-c2ccccc2)c1N1[CH-]N(c2[c-]c(c(C(C)(C)C)cc2)O3)c2ccccc21.[Pt]. The third-order valence-electron chi connectivity index (χ3n) is 13.5. The maximum Gasteiger partial charge on any atom is 0.135 e. The van der Waals surface area contributed by atoms with Crippen molar-refractivity contribution >= 4 is 44.6 Å². The Morgan fingerprint density at radius 1 is 0.644 bits per heavy atom. The molecule has 0 amide bonds. The van der Waals surface area contributed by atoms with E-state index in [0.717, 1.165) is 50.6 Å². The first kappa shape index (κ1) is 41.1. The predicted octanol–water partition coefficient (Wildman–Crippen LogP) is 17.9. The Morgan fingerprint density at radius 3 is 2.08 bits per heavy atom. The summed E-state index contributed by atoms with van der Waals surface area (Å²) in [5.41, 5.74) is 11.4. The molecule has 366 valence electrons. The van der Waals surface area contributed by atoms with Crippen molar-refractivity contribution in [2.75, 3.05) is 9.80 Å². The Labute approximate surface area is 452 Å². The van der Waals surface area contributed by atoms with Crippen molar-refractivity contribution in [3.05, 3.63) is 211 Å². The van der Waals surface area contributed by atoms with Crippen LogP contribution in [0.15, 0.2) is 176 Å². The summed E-state index contributed by atoms with van der Waals surface area (Å²) >= 11 is 0. The van der Waals surface area contributed by atoms with Crippen molar-refractivity contribution in [3.63, 3.8) is 0 Å². The topological polar surface area (TPSA) is 42.8 Å². The third-order valence-corrected chi connectivity index (χ3v) is 13.5. The summed E-state index contributed by atoms with van der Waals surface area (Å²) in [6, 6.07) is 54.7. The molecule has 0 fully saturated rings. The molecule has 0 unspecified atom stereocenters. The van der Waals surface area contributed by atoms with Crippen LogP contribution in [0, 0.1) is 24.7 Å². The molecule has 0 atom stereocenters. The molecule has 0 N–H and O–H groups in total. The van der Waals surface area contributed by atoms with Crippen LogP contribution in [0.2, 0.25) is 0 Å². The van der Waals surface area contributed by atoms with E-state index < -0.39 is 23.7 Å². The molecule has 12 bridgehead atoms. The Morgan fingerprint density at radius 2 is 1.34 bits per heavy atom. The van der Waals surface area contributed by atoms with Gasteiger partial charge in [-0.15, -0.1) is 47.6 Å². The van der Waals surface area contributed by atoms with Gasteiger partial charge in [-0.2, -0.15) is 12.1 Å². The molecule has 73 heavy (non-hydrogen) atoms. The summed E-state index contributed by atoms with van der Waals surface area (Å²) in [4.78, 5) is 9.42. The summed E-state index contributed by atoms with van der Waals surface area (Å²) in [5.74, 6) is 1.80. The number of anilines is 4. The molecule has 6 heterocycles. The molecule has 4 aliphatic heterocycles. The molecule has 0 saturated heterocycles. The largest absolute Gasteiger partial charge is 0.509 e. The van der Waals surface area contributed by atoms with E-state index in [1.54, 1.807) is 29.0 Å². The number of pyridine rings is 1. The second kappa shape index (κ2) is 18.6. The maximum absolute atomic E-state index is 9.59. The van der Waals surface area contributed by atoms with Gasteiger partial charge >= 0.3 is 0 Å². The molecule has 0 spiro atoms. The van der Waals surface area contributed by atoms with E-state index in [1.807, 2.05) is 62.4 Å². The van der Waals surface area contributed by atoms with Crippen LogP contribution in [0.1, 0.15) is 80.3 Å². The fourth-order valence-corrected chi connectivity index (χ4v) is 9.95. The van der Waals surface area contributed by atoms with Crippen LogP contribution in [0.4, 0.5) is 22.7 Å². The van der Waals surface area contributed by atoms with Gasteiger partial charge in [-0.05, 0) is 112 Å². The molecule has 0 radical (unpaired) electrons. The Bertz CT molecular complexity index is 4050. The van der Waals surface area contributed by atoms with E-state index in [9.17, 15) is 5.48 Å². The molecular formula is C66H57N4O2Pt-3. The van der Waals surface area contributed by atoms with Crippen LogP contribution in [0.5, 0.6) is 23.0 Å². The fourth-order valence-electron chi connectivity index (χ4n) is 9.95. The number of aromatic nitrogens is 2. The normalized spacial score (nSPS) is 14.5. The average Bonchev–Trinajstić information content (AvgIpc) is 4.23. The van der Waals surface area contributed by atoms with Gasteiger partial charge in [-0.25, -0.2) is 4.98 Å². The second-order valence-corrected chi connectivity index (χ2v) is 21.0. The number of hydrogen-bond acceptors (Lipinski definition) is 5. The van der Waals surface area contributed by atoms with Crippen molar-refractivity contribution in [1.82, 2.24) is 9.55 Å². The third kappa shape index (κ3) is 8.80. The van der Waals surface area contributed by atoms with E-state index >= 15 is 0 Å². The van der Waals surface area contributed by atoms with Crippen molar-refractivity contribution in [3.8, 4) is 62.2 Å². The van der Waals surface area contributed by atoms with E-state index in [2.05, 4.69) is 149 Å². The van der Waals surface area contributed by atoms with Crippen LogP contribution >= 0.6 is 0 Å². The first-order valence-electron chi connectivity index (χ1n) is 27.5. The fraction of sp³-hybridized carbons (Fsp3) is 0.182. The summed E-state index contributed by atoms with van der Waals surface area (Å²) in [6.07, 6.45) is -0.229. The second-order valence-electron chi connectivity index (χ2n) is 21.0. The molecular weight excluding hydrogens is 1080 g/mol. The summed E-state index contributed by atoms with van der Waals surface area (Å²) in [6.45, 7) is 18.9. The molecule has 7 heteroatoms. The van der Waals surface area contributed by atoms with Crippen molar-refractivity contribution in [1.29, 1.82) is 0 Å². The van der Waals surface area contributed by atoms with Gasteiger partial charge in [0.15, 0.2) is 0 Å². The van der Waals surface area contributed by atoms with Gasteiger partial charge in [-0.3, -0.25) is 0 Å². The van der Waals surface area contributed by atoms with Crippen molar-refractivity contribution < 1.29 is 38.8 Å². The molecule has 0 saturated carbocycles. The van der Waals surface area contributed by atoms with Crippen LogP contribution < -0.4 is 19.3 Å². The Balaban J connectivity index is 0.00000660. The molecule has 0 aliphatic carbocycles.